The summed E-state index contributed by atoms with van der Waals surface area (Å²) in [6.07, 6.45) is 0.922. The SMILES string of the molecule is Cc1cccc(Cn2nc(C)c(NC(=O)C3CC3c3ccccc3)c2C)c1. The first kappa shape index (κ1) is 17.5. The highest BCUT2D eigenvalue weighted by atomic mass is 16.2. The number of nitrogens with one attached hydrogen (secondary N) is 1. The molecular formula is C23H25N3O. The molecule has 138 valence electrons. The van der Waals surface area contributed by atoms with Crippen LogP contribution >= 0.6 is 0 Å². The van der Waals surface area contributed by atoms with Crippen molar-refractivity contribution in [3.05, 3.63) is 82.7 Å². The molecule has 1 aromatic heterocycles. The second-order valence-electron chi connectivity index (χ2n) is 7.54. The number of amides is 1. The molecule has 2 unspecified atom stereocenters. The lowest BCUT2D eigenvalue weighted by atomic mass is 10.1. The van der Waals surface area contributed by atoms with E-state index < -0.39 is 0 Å². The van der Waals surface area contributed by atoms with Crippen molar-refractivity contribution in [1.29, 1.82) is 0 Å². The van der Waals surface area contributed by atoms with Crippen LogP contribution in [-0.2, 0) is 11.3 Å². The van der Waals surface area contributed by atoms with Crippen molar-refractivity contribution < 1.29 is 4.79 Å². The second-order valence-corrected chi connectivity index (χ2v) is 7.54. The van der Waals surface area contributed by atoms with Crippen molar-refractivity contribution in [1.82, 2.24) is 9.78 Å². The van der Waals surface area contributed by atoms with E-state index in [1.165, 1.54) is 16.7 Å². The standard InChI is InChI=1S/C23H25N3O/c1-15-8-7-9-18(12-15)14-26-17(3)22(16(2)25-26)24-23(27)21-13-20(21)19-10-5-4-6-11-19/h4-12,20-21H,13-14H2,1-3H3,(H,24,27). The number of aryl methyl sites for hydroxylation is 2. The molecule has 4 rings (SSSR count). The first-order valence-electron chi connectivity index (χ1n) is 9.48. The average molecular weight is 359 g/mol. The molecule has 4 nitrogen and oxygen atoms in total. The molecular weight excluding hydrogens is 334 g/mol. The van der Waals surface area contributed by atoms with Crippen molar-refractivity contribution in [2.75, 3.05) is 5.32 Å². The fourth-order valence-corrected chi connectivity index (χ4v) is 3.78. The van der Waals surface area contributed by atoms with Gasteiger partial charge < -0.3 is 5.32 Å². The van der Waals surface area contributed by atoms with E-state index in [2.05, 4.69) is 53.7 Å². The minimum Gasteiger partial charge on any atom is -0.323 e. The minimum absolute atomic E-state index is 0.0614. The summed E-state index contributed by atoms with van der Waals surface area (Å²) in [5.74, 6) is 0.505. The molecule has 27 heavy (non-hydrogen) atoms. The lowest BCUT2D eigenvalue weighted by Crippen LogP contribution is -2.16. The highest BCUT2D eigenvalue weighted by Crippen LogP contribution is 2.48. The number of hydrogen-bond acceptors (Lipinski definition) is 2. The number of anilines is 1. The molecule has 1 fully saturated rings. The van der Waals surface area contributed by atoms with Gasteiger partial charge in [-0.15, -0.1) is 0 Å². The smallest absolute Gasteiger partial charge is 0.228 e. The molecule has 0 bridgehead atoms. The molecule has 3 aromatic rings. The zero-order chi connectivity index (χ0) is 19.0. The number of aromatic nitrogens is 2. The third kappa shape index (κ3) is 3.65. The van der Waals surface area contributed by atoms with Crippen LogP contribution in [-0.4, -0.2) is 15.7 Å². The van der Waals surface area contributed by atoms with Crippen molar-refractivity contribution in [3.8, 4) is 0 Å². The van der Waals surface area contributed by atoms with Gasteiger partial charge in [0.2, 0.25) is 5.91 Å². The zero-order valence-corrected chi connectivity index (χ0v) is 16.1. The Kier molecular flexibility index (Phi) is 4.56. The largest absolute Gasteiger partial charge is 0.323 e. The van der Waals surface area contributed by atoms with Gasteiger partial charge in [0.25, 0.3) is 0 Å². The molecule has 2 aromatic carbocycles. The van der Waals surface area contributed by atoms with Crippen LogP contribution in [0.3, 0.4) is 0 Å². The van der Waals surface area contributed by atoms with E-state index in [1.54, 1.807) is 0 Å². The average Bonchev–Trinajstić information content (AvgIpc) is 3.42. The number of hydrogen-bond donors (Lipinski definition) is 1. The van der Waals surface area contributed by atoms with Crippen LogP contribution in [0.1, 0.15) is 40.4 Å². The van der Waals surface area contributed by atoms with Crippen LogP contribution in [0.15, 0.2) is 54.6 Å². The van der Waals surface area contributed by atoms with Crippen LogP contribution in [0.5, 0.6) is 0 Å². The quantitative estimate of drug-likeness (QED) is 0.724. The van der Waals surface area contributed by atoms with Gasteiger partial charge in [0, 0.05) is 5.92 Å². The highest BCUT2D eigenvalue weighted by molar-refractivity contribution is 5.96. The van der Waals surface area contributed by atoms with Crippen LogP contribution in [0.25, 0.3) is 0 Å². The summed E-state index contributed by atoms with van der Waals surface area (Å²) >= 11 is 0. The van der Waals surface area contributed by atoms with Crippen LogP contribution < -0.4 is 5.32 Å². The molecule has 1 amide bonds. The van der Waals surface area contributed by atoms with Crippen LogP contribution in [0, 0.1) is 26.7 Å². The monoisotopic (exact) mass is 359 g/mol. The van der Waals surface area contributed by atoms with Gasteiger partial charge in [-0.1, -0.05) is 60.2 Å². The Labute approximate surface area is 160 Å². The number of benzene rings is 2. The molecule has 1 saturated carbocycles. The lowest BCUT2D eigenvalue weighted by Gasteiger charge is -2.08. The van der Waals surface area contributed by atoms with Crippen molar-refractivity contribution >= 4 is 11.6 Å². The lowest BCUT2D eigenvalue weighted by molar-refractivity contribution is -0.117. The van der Waals surface area contributed by atoms with Crippen molar-refractivity contribution in [2.45, 2.75) is 39.7 Å². The Hall–Kier alpha value is -2.88. The molecule has 0 aliphatic heterocycles. The van der Waals surface area contributed by atoms with E-state index >= 15 is 0 Å². The Morgan fingerprint density at radius 3 is 2.63 bits per heavy atom. The Balaban J connectivity index is 1.47. The van der Waals surface area contributed by atoms with Gasteiger partial charge in [0.05, 0.1) is 23.6 Å². The summed E-state index contributed by atoms with van der Waals surface area (Å²) in [4.78, 5) is 12.7. The number of carbonyl (C=O) groups is 1. The zero-order valence-electron chi connectivity index (χ0n) is 16.1. The van der Waals surface area contributed by atoms with E-state index in [4.69, 9.17) is 0 Å². The molecule has 4 heteroatoms. The predicted octanol–water partition coefficient (Wildman–Crippen LogP) is 4.60. The van der Waals surface area contributed by atoms with Gasteiger partial charge in [-0.2, -0.15) is 5.10 Å². The van der Waals surface area contributed by atoms with Crippen LogP contribution in [0.4, 0.5) is 5.69 Å². The minimum atomic E-state index is 0.0614. The maximum absolute atomic E-state index is 12.7. The summed E-state index contributed by atoms with van der Waals surface area (Å²) in [6, 6.07) is 18.7. The number of nitrogens with zero attached hydrogens (tertiary/aromatic N) is 2. The number of rotatable bonds is 5. The summed E-state index contributed by atoms with van der Waals surface area (Å²) in [5.41, 5.74) is 6.42. The summed E-state index contributed by atoms with van der Waals surface area (Å²) in [7, 11) is 0. The predicted molar refractivity (Wildman–Crippen MR) is 108 cm³/mol. The first-order valence-corrected chi connectivity index (χ1v) is 9.48. The molecule has 0 radical (unpaired) electrons. The van der Waals surface area contributed by atoms with E-state index in [-0.39, 0.29) is 11.8 Å². The van der Waals surface area contributed by atoms with Gasteiger partial charge in [0.1, 0.15) is 0 Å². The van der Waals surface area contributed by atoms with Gasteiger partial charge in [-0.25, -0.2) is 0 Å². The Morgan fingerprint density at radius 2 is 1.89 bits per heavy atom. The van der Waals surface area contributed by atoms with Gasteiger partial charge in [-0.05, 0) is 44.2 Å². The van der Waals surface area contributed by atoms with Gasteiger partial charge >= 0.3 is 0 Å². The molecule has 1 aliphatic carbocycles. The molecule has 2 atom stereocenters. The second kappa shape index (κ2) is 7.03. The fraction of sp³-hybridized carbons (Fsp3) is 0.304. The highest BCUT2D eigenvalue weighted by Gasteiger charge is 2.44. The van der Waals surface area contributed by atoms with E-state index in [0.29, 0.717) is 12.5 Å². The molecule has 1 aliphatic rings. The number of carbonyl (C=O) groups excluding carboxylic acids is 1. The van der Waals surface area contributed by atoms with Gasteiger partial charge in [0.15, 0.2) is 0 Å². The Morgan fingerprint density at radius 1 is 1.11 bits per heavy atom. The summed E-state index contributed by atoms with van der Waals surface area (Å²) < 4.78 is 1.97. The molecule has 0 saturated heterocycles. The summed E-state index contributed by atoms with van der Waals surface area (Å²) in [5, 5.41) is 7.78. The third-order valence-corrected chi connectivity index (χ3v) is 5.40. The van der Waals surface area contributed by atoms with Crippen molar-refractivity contribution in [3.63, 3.8) is 0 Å². The van der Waals surface area contributed by atoms with Gasteiger partial charge in [-0.3, -0.25) is 9.48 Å². The normalized spacial score (nSPS) is 18.3. The summed E-state index contributed by atoms with van der Waals surface area (Å²) in [6.45, 7) is 6.78. The third-order valence-electron chi connectivity index (χ3n) is 5.40. The molecule has 1 heterocycles. The Bertz CT molecular complexity index is 975. The van der Waals surface area contributed by atoms with Crippen molar-refractivity contribution in [2.24, 2.45) is 5.92 Å². The molecule has 1 N–H and O–H groups in total. The topological polar surface area (TPSA) is 46.9 Å². The molecule has 0 spiro atoms. The maximum atomic E-state index is 12.7. The first-order chi connectivity index (χ1) is 13.0. The van der Waals surface area contributed by atoms with E-state index in [0.717, 1.165) is 23.5 Å². The van der Waals surface area contributed by atoms with Crippen LogP contribution in [0.2, 0.25) is 0 Å². The maximum Gasteiger partial charge on any atom is 0.228 e. The van der Waals surface area contributed by atoms with E-state index in [9.17, 15) is 4.79 Å². The van der Waals surface area contributed by atoms with E-state index in [1.807, 2.05) is 36.7 Å². The fourth-order valence-electron chi connectivity index (χ4n) is 3.78.